The molecular weight excluding hydrogens is 385 g/mol. The number of benzene rings is 2. The Hall–Kier alpha value is -3.22. The van der Waals surface area contributed by atoms with Crippen LogP contribution in [0.25, 0.3) is 0 Å². The zero-order chi connectivity index (χ0) is 21.1. The van der Waals surface area contributed by atoms with Crippen molar-refractivity contribution in [3.8, 4) is 0 Å². The van der Waals surface area contributed by atoms with Gasteiger partial charge in [-0.1, -0.05) is 30.3 Å². The second kappa shape index (κ2) is 8.65. The van der Waals surface area contributed by atoms with Gasteiger partial charge in [-0.2, -0.15) is 0 Å². The van der Waals surface area contributed by atoms with Gasteiger partial charge in [0.25, 0.3) is 5.91 Å². The third kappa shape index (κ3) is 4.20. The van der Waals surface area contributed by atoms with Crippen LogP contribution < -0.4 is 0 Å². The monoisotopic (exact) mass is 409 g/mol. The van der Waals surface area contributed by atoms with E-state index in [1.807, 2.05) is 30.3 Å². The standard InChI is InChI=1S/C23H24FN3O3/c24-19-8-6-18(7-9-19)21(28)25-12-10-20(11-13-25)27-15-14-26(22(29)23(27)30)16-17-4-2-1-3-5-17/h1-9,20H,10-16H2. The van der Waals surface area contributed by atoms with E-state index in [2.05, 4.69) is 0 Å². The Bertz CT molecular complexity index is 924. The molecule has 0 atom stereocenters. The lowest BCUT2D eigenvalue weighted by molar-refractivity contribution is -0.158. The van der Waals surface area contributed by atoms with Gasteiger partial charge in [-0.15, -0.1) is 0 Å². The predicted octanol–water partition coefficient (Wildman–Crippen LogP) is 2.30. The van der Waals surface area contributed by atoms with Gasteiger partial charge in [0, 0.05) is 44.3 Å². The highest BCUT2D eigenvalue weighted by atomic mass is 19.1. The third-order valence-corrected chi connectivity index (χ3v) is 5.84. The van der Waals surface area contributed by atoms with E-state index in [9.17, 15) is 18.8 Å². The number of amides is 3. The summed E-state index contributed by atoms with van der Waals surface area (Å²) in [5.74, 6) is -1.43. The number of likely N-dealkylation sites (tertiary alicyclic amines) is 1. The molecule has 0 unspecified atom stereocenters. The van der Waals surface area contributed by atoms with Crippen LogP contribution >= 0.6 is 0 Å². The van der Waals surface area contributed by atoms with Gasteiger partial charge in [0.15, 0.2) is 0 Å². The number of carbonyl (C=O) groups excluding carboxylic acids is 3. The maximum Gasteiger partial charge on any atom is 0.312 e. The molecule has 2 fully saturated rings. The zero-order valence-corrected chi connectivity index (χ0v) is 16.7. The fourth-order valence-electron chi connectivity index (χ4n) is 4.15. The van der Waals surface area contributed by atoms with Gasteiger partial charge >= 0.3 is 11.8 Å². The van der Waals surface area contributed by atoms with Gasteiger partial charge in [0.05, 0.1) is 0 Å². The molecule has 0 N–H and O–H groups in total. The number of nitrogens with zero attached hydrogens (tertiary/aromatic N) is 3. The van der Waals surface area contributed by atoms with Crippen LogP contribution in [0.2, 0.25) is 0 Å². The smallest absolute Gasteiger partial charge is 0.312 e. The molecule has 6 nitrogen and oxygen atoms in total. The summed E-state index contributed by atoms with van der Waals surface area (Å²) >= 11 is 0. The first kappa shape index (κ1) is 20.1. The highest BCUT2D eigenvalue weighted by molar-refractivity contribution is 6.35. The van der Waals surface area contributed by atoms with E-state index >= 15 is 0 Å². The molecule has 2 heterocycles. The summed E-state index contributed by atoms with van der Waals surface area (Å²) in [5.41, 5.74) is 1.45. The van der Waals surface area contributed by atoms with Gasteiger partial charge in [-0.25, -0.2) is 4.39 Å². The molecule has 7 heteroatoms. The quantitative estimate of drug-likeness (QED) is 0.728. The first-order valence-electron chi connectivity index (χ1n) is 10.2. The first-order valence-corrected chi connectivity index (χ1v) is 10.2. The van der Waals surface area contributed by atoms with Gasteiger partial charge in [-0.3, -0.25) is 14.4 Å². The number of hydrogen-bond acceptors (Lipinski definition) is 3. The molecule has 2 aliphatic rings. The van der Waals surface area contributed by atoms with Crippen LogP contribution in [0.5, 0.6) is 0 Å². The molecule has 0 spiro atoms. The van der Waals surface area contributed by atoms with Crippen LogP contribution in [0.3, 0.4) is 0 Å². The van der Waals surface area contributed by atoms with E-state index < -0.39 is 11.8 Å². The minimum absolute atomic E-state index is 0.0439. The minimum Gasteiger partial charge on any atom is -0.338 e. The molecule has 0 radical (unpaired) electrons. The molecule has 2 aliphatic heterocycles. The Morgan fingerprint density at radius 1 is 0.867 bits per heavy atom. The topological polar surface area (TPSA) is 60.9 Å². The normalized spacial score (nSPS) is 18.1. The Morgan fingerprint density at radius 3 is 2.20 bits per heavy atom. The number of piperidine rings is 1. The molecule has 0 bridgehead atoms. The van der Waals surface area contributed by atoms with E-state index in [1.165, 1.54) is 24.3 Å². The average Bonchev–Trinajstić information content (AvgIpc) is 2.78. The fraction of sp³-hybridized carbons (Fsp3) is 0.348. The van der Waals surface area contributed by atoms with Crippen molar-refractivity contribution >= 4 is 17.7 Å². The summed E-state index contributed by atoms with van der Waals surface area (Å²) in [6.45, 7) is 2.46. The minimum atomic E-state index is -0.463. The van der Waals surface area contributed by atoms with E-state index in [0.717, 1.165) is 5.56 Å². The van der Waals surface area contributed by atoms with Crippen molar-refractivity contribution in [2.45, 2.75) is 25.4 Å². The van der Waals surface area contributed by atoms with Gasteiger partial charge in [0.2, 0.25) is 0 Å². The highest BCUT2D eigenvalue weighted by Gasteiger charge is 2.38. The SMILES string of the molecule is O=C1C(=O)N(C2CCN(C(=O)c3ccc(F)cc3)CC2)CCN1Cc1ccccc1. The molecule has 2 aromatic carbocycles. The maximum atomic E-state index is 13.1. The lowest BCUT2D eigenvalue weighted by Gasteiger charge is -2.42. The fourth-order valence-corrected chi connectivity index (χ4v) is 4.15. The number of halogens is 1. The molecule has 3 amide bonds. The highest BCUT2D eigenvalue weighted by Crippen LogP contribution is 2.22. The molecule has 2 saturated heterocycles. The Balaban J connectivity index is 1.33. The van der Waals surface area contributed by atoms with Crippen molar-refractivity contribution in [1.29, 1.82) is 0 Å². The van der Waals surface area contributed by atoms with Crippen LogP contribution in [0.1, 0.15) is 28.8 Å². The number of carbonyl (C=O) groups is 3. The summed E-state index contributed by atoms with van der Waals surface area (Å²) in [6.07, 6.45) is 1.26. The van der Waals surface area contributed by atoms with Gasteiger partial charge in [0.1, 0.15) is 5.82 Å². The second-order valence-corrected chi connectivity index (χ2v) is 7.74. The maximum absolute atomic E-state index is 13.1. The van der Waals surface area contributed by atoms with E-state index in [1.54, 1.807) is 14.7 Å². The molecule has 0 aliphatic carbocycles. The van der Waals surface area contributed by atoms with E-state index in [0.29, 0.717) is 51.1 Å². The van der Waals surface area contributed by atoms with Crippen molar-refractivity contribution in [2.24, 2.45) is 0 Å². The average molecular weight is 409 g/mol. The Labute approximate surface area is 174 Å². The summed E-state index contributed by atoms with van der Waals surface area (Å²) in [7, 11) is 0. The van der Waals surface area contributed by atoms with Gasteiger partial charge < -0.3 is 14.7 Å². The predicted molar refractivity (Wildman–Crippen MR) is 109 cm³/mol. The molecule has 30 heavy (non-hydrogen) atoms. The van der Waals surface area contributed by atoms with Crippen LogP contribution in [-0.4, -0.2) is 64.6 Å². The molecule has 4 rings (SSSR count). The largest absolute Gasteiger partial charge is 0.338 e. The molecule has 0 aromatic heterocycles. The molecule has 0 saturated carbocycles. The summed E-state index contributed by atoms with van der Waals surface area (Å²) in [6, 6.07) is 15.1. The van der Waals surface area contributed by atoms with E-state index in [4.69, 9.17) is 0 Å². The second-order valence-electron chi connectivity index (χ2n) is 7.74. The number of rotatable bonds is 4. The molecule has 156 valence electrons. The number of piperazine rings is 1. The van der Waals surface area contributed by atoms with Crippen LogP contribution in [0.15, 0.2) is 54.6 Å². The molecule has 2 aromatic rings. The first-order chi connectivity index (χ1) is 14.5. The summed E-state index contributed by atoms with van der Waals surface area (Å²) in [5, 5.41) is 0. The summed E-state index contributed by atoms with van der Waals surface area (Å²) in [4.78, 5) is 42.9. The lowest BCUT2D eigenvalue weighted by atomic mass is 10.0. The van der Waals surface area contributed by atoms with Crippen LogP contribution in [0, 0.1) is 5.82 Å². The van der Waals surface area contributed by atoms with Crippen LogP contribution in [0.4, 0.5) is 4.39 Å². The van der Waals surface area contributed by atoms with Crippen molar-refractivity contribution in [3.05, 3.63) is 71.5 Å². The van der Waals surface area contributed by atoms with Crippen molar-refractivity contribution in [2.75, 3.05) is 26.2 Å². The van der Waals surface area contributed by atoms with Gasteiger partial charge in [-0.05, 0) is 42.7 Å². The molecular formula is C23H24FN3O3. The van der Waals surface area contributed by atoms with Crippen molar-refractivity contribution in [3.63, 3.8) is 0 Å². The third-order valence-electron chi connectivity index (χ3n) is 5.84. The zero-order valence-electron chi connectivity index (χ0n) is 16.7. The Morgan fingerprint density at radius 2 is 1.53 bits per heavy atom. The summed E-state index contributed by atoms with van der Waals surface area (Å²) < 4.78 is 13.1. The Kier molecular flexibility index (Phi) is 5.79. The number of hydrogen-bond donors (Lipinski definition) is 0. The van der Waals surface area contributed by atoms with E-state index in [-0.39, 0.29) is 17.8 Å². The van der Waals surface area contributed by atoms with Crippen molar-refractivity contribution in [1.82, 2.24) is 14.7 Å². The lowest BCUT2D eigenvalue weighted by Crippen LogP contribution is -2.59. The van der Waals surface area contributed by atoms with Crippen LogP contribution in [-0.2, 0) is 16.1 Å². The van der Waals surface area contributed by atoms with Crippen molar-refractivity contribution < 1.29 is 18.8 Å².